The highest BCUT2D eigenvalue weighted by molar-refractivity contribution is 5.07. The molecule has 4 nitrogen and oxygen atoms in total. The molecule has 86 valence electrons. The minimum atomic E-state index is -0.976. The van der Waals surface area contributed by atoms with Gasteiger partial charge in [0.15, 0.2) is 0 Å². The Balaban J connectivity index is 2.65. The second-order valence-corrected chi connectivity index (χ2v) is 4.05. The Morgan fingerprint density at radius 2 is 2.07 bits per heavy atom. The molecule has 1 rings (SSSR count). The van der Waals surface area contributed by atoms with Crippen LogP contribution in [0.3, 0.4) is 0 Å². The highest BCUT2D eigenvalue weighted by atomic mass is 16.3. The molecule has 0 aliphatic carbocycles. The van der Waals surface area contributed by atoms with Crippen molar-refractivity contribution in [2.24, 2.45) is 7.05 Å². The lowest BCUT2D eigenvalue weighted by molar-refractivity contribution is -0.0790. The van der Waals surface area contributed by atoms with E-state index in [1.165, 1.54) is 0 Å². The van der Waals surface area contributed by atoms with E-state index in [-0.39, 0.29) is 0 Å². The molecular formula is C11H20N2O2. The summed E-state index contributed by atoms with van der Waals surface area (Å²) in [6.07, 6.45) is 4.42. The maximum absolute atomic E-state index is 10.1. The summed E-state index contributed by atoms with van der Waals surface area (Å²) in [5.41, 5.74) is -0.0270. The van der Waals surface area contributed by atoms with Gasteiger partial charge in [0, 0.05) is 19.7 Å². The fourth-order valence-corrected chi connectivity index (χ4v) is 1.71. The lowest BCUT2D eigenvalue weighted by Gasteiger charge is -2.30. The summed E-state index contributed by atoms with van der Waals surface area (Å²) in [4.78, 5) is 0. The van der Waals surface area contributed by atoms with Crippen molar-refractivity contribution in [1.82, 2.24) is 9.78 Å². The summed E-state index contributed by atoms with van der Waals surface area (Å²) in [6.45, 7) is 3.77. The molecule has 1 atom stereocenters. The number of aliphatic hydroxyl groups is 2. The van der Waals surface area contributed by atoms with E-state index in [0.29, 0.717) is 19.3 Å². The van der Waals surface area contributed by atoms with Gasteiger partial charge in [0.2, 0.25) is 0 Å². The van der Waals surface area contributed by atoms with Crippen molar-refractivity contribution in [2.45, 2.75) is 44.8 Å². The van der Waals surface area contributed by atoms with Crippen molar-refractivity contribution < 1.29 is 10.2 Å². The molecule has 0 radical (unpaired) electrons. The van der Waals surface area contributed by atoms with E-state index in [0.717, 1.165) is 5.56 Å². The number of nitrogens with zero attached hydrogens (tertiary/aromatic N) is 2. The fraction of sp³-hybridized carbons (Fsp3) is 0.727. The zero-order valence-corrected chi connectivity index (χ0v) is 9.64. The highest BCUT2D eigenvalue weighted by Crippen LogP contribution is 2.22. The summed E-state index contributed by atoms with van der Waals surface area (Å²) in [6, 6.07) is 0. The monoisotopic (exact) mass is 212 g/mol. The van der Waals surface area contributed by atoms with E-state index >= 15 is 0 Å². The van der Waals surface area contributed by atoms with Crippen molar-refractivity contribution >= 4 is 0 Å². The Morgan fingerprint density at radius 1 is 1.47 bits per heavy atom. The third-order valence-electron chi connectivity index (χ3n) is 3.03. The van der Waals surface area contributed by atoms with Crippen LogP contribution in [0.25, 0.3) is 0 Å². The lowest BCUT2D eigenvalue weighted by Crippen LogP contribution is -2.42. The normalized spacial score (nSPS) is 14.2. The van der Waals surface area contributed by atoms with E-state index in [4.69, 9.17) is 0 Å². The molecular weight excluding hydrogens is 192 g/mol. The van der Waals surface area contributed by atoms with Gasteiger partial charge in [0.05, 0.1) is 17.9 Å². The zero-order valence-electron chi connectivity index (χ0n) is 9.64. The standard InChI is InChI=1S/C11H20N2O2/c1-4-11(15,5-2)10(14)6-9-7-12-13(3)8-9/h7-8,10,14-15H,4-6H2,1-3H3. The fourth-order valence-electron chi connectivity index (χ4n) is 1.71. The van der Waals surface area contributed by atoms with Gasteiger partial charge in [-0.3, -0.25) is 4.68 Å². The van der Waals surface area contributed by atoms with Crippen molar-refractivity contribution in [3.63, 3.8) is 0 Å². The quantitative estimate of drug-likeness (QED) is 0.761. The molecule has 2 N–H and O–H groups in total. The first-order chi connectivity index (χ1) is 7.01. The van der Waals surface area contributed by atoms with Gasteiger partial charge in [0.25, 0.3) is 0 Å². The van der Waals surface area contributed by atoms with Gasteiger partial charge in [-0.2, -0.15) is 5.10 Å². The Hall–Kier alpha value is -0.870. The van der Waals surface area contributed by atoms with Crippen LogP contribution in [0.1, 0.15) is 32.3 Å². The summed E-state index contributed by atoms with van der Waals surface area (Å²) >= 11 is 0. The van der Waals surface area contributed by atoms with Crippen LogP contribution in [0.4, 0.5) is 0 Å². The molecule has 0 saturated heterocycles. The van der Waals surface area contributed by atoms with Gasteiger partial charge in [-0.1, -0.05) is 13.8 Å². The molecule has 1 unspecified atom stereocenters. The van der Waals surface area contributed by atoms with Crippen LogP contribution in [0.5, 0.6) is 0 Å². The molecule has 0 spiro atoms. The average Bonchev–Trinajstić information content (AvgIpc) is 2.62. The van der Waals surface area contributed by atoms with E-state index < -0.39 is 11.7 Å². The Kier molecular flexibility index (Phi) is 3.88. The second kappa shape index (κ2) is 4.77. The molecule has 0 amide bonds. The molecule has 0 aliphatic rings. The third kappa shape index (κ3) is 2.79. The van der Waals surface area contributed by atoms with Gasteiger partial charge in [-0.25, -0.2) is 0 Å². The number of aromatic nitrogens is 2. The summed E-state index contributed by atoms with van der Waals surface area (Å²) < 4.78 is 1.69. The number of hydrogen-bond donors (Lipinski definition) is 2. The van der Waals surface area contributed by atoms with Crippen LogP contribution >= 0.6 is 0 Å². The van der Waals surface area contributed by atoms with Crippen molar-refractivity contribution in [2.75, 3.05) is 0 Å². The van der Waals surface area contributed by atoms with Crippen LogP contribution in [0, 0.1) is 0 Å². The molecule has 1 aromatic heterocycles. The summed E-state index contributed by atoms with van der Waals surface area (Å²) in [5.74, 6) is 0. The molecule has 1 heterocycles. The predicted octanol–water partition coefficient (Wildman–Crippen LogP) is 0.875. The first kappa shape index (κ1) is 12.2. The lowest BCUT2D eigenvalue weighted by atomic mass is 9.87. The Labute approximate surface area is 90.5 Å². The number of hydrogen-bond acceptors (Lipinski definition) is 3. The van der Waals surface area contributed by atoms with Gasteiger partial charge in [-0.15, -0.1) is 0 Å². The molecule has 0 bridgehead atoms. The smallest absolute Gasteiger partial charge is 0.0903 e. The molecule has 15 heavy (non-hydrogen) atoms. The molecule has 1 aromatic rings. The summed E-state index contributed by atoms with van der Waals surface area (Å²) in [5, 5.41) is 24.1. The third-order valence-corrected chi connectivity index (χ3v) is 3.03. The van der Waals surface area contributed by atoms with Crippen LogP contribution in [-0.2, 0) is 13.5 Å². The first-order valence-corrected chi connectivity index (χ1v) is 5.39. The van der Waals surface area contributed by atoms with E-state index in [1.54, 1.807) is 10.9 Å². The van der Waals surface area contributed by atoms with Crippen LogP contribution in [0.15, 0.2) is 12.4 Å². The van der Waals surface area contributed by atoms with E-state index in [1.807, 2.05) is 27.1 Å². The maximum Gasteiger partial charge on any atom is 0.0903 e. The topological polar surface area (TPSA) is 58.3 Å². The van der Waals surface area contributed by atoms with Gasteiger partial charge in [-0.05, 0) is 18.4 Å². The molecule has 0 saturated carbocycles. The van der Waals surface area contributed by atoms with Crippen molar-refractivity contribution in [3.05, 3.63) is 18.0 Å². The maximum atomic E-state index is 10.1. The second-order valence-electron chi connectivity index (χ2n) is 4.05. The SMILES string of the molecule is CCC(O)(CC)C(O)Cc1cnn(C)c1. The largest absolute Gasteiger partial charge is 0.390 e. The summed E-state index contributed by atoms with van der Waals surface area (Å²) in [7, 11) is 1.84. The van der Waals surface area contributed by atoms with Gasteiger partial charge in [0.1, 0.15) is 0 Å². The van der Waals surface area contributed by atoms with E-state index in [9.17, 15) is 10.2 Å². The number of rotatable bonds is 5. The zero-order chi connectivity index (χ0) is 11.5. The Bertz CT molecular complexity index is 305. The van der Waals surface area contributed by atoms with Crippen LogP contribution < -0.4 is 0 Å². The van der Waals surface area contributed by atoms with Crippen LogP contribution in [0.2, 0.25) is 0 Å². The molecule has 0 aliphatic heterocycles. The predicted molar refractivity (Wildman–Crippen MR) is 58.5 cm³/mol. The minimum absolute atomic E-state index is 0.450. The molecule has 0 fully saturated rings. The number of aryl methyl sites for hydroxylation is 1. The number of aliphatic hydroxyl groups excluding tert-OH is 1. The van der Waals surface area contributed by atoms with Crippen molar-refractivity contribution in [3.8, 4) is 0 Å². The average molecular weight is 212 g/mol. The van der Waals surface area contributed by atoms with E-state index in [2.05, 4.69) is 5.10 Å². The van der Waals surface area contributed by atoms with Crippen LogP contribution in [-0.4, -0.2) is 31.7 Å². The molecule has 0 aromatic carbocycles. The molecule has 4 heteroatoms. The van der Waals surface area contributed by atoms with Gasteiger partial charge >= 0.3 is 0 Å². The highest BCUT2D eigenvalue weighted by Gasteiger charge is 2.31. The Morgan fingerprint density at radius 3 is 2.47 bits per heavy atom. The van der Waals surface area contributed by atoms with Gasteiger partial charge < -0.3 is 10.2 Å². The van der Waals surface area contributed by atoms with Crippen molar-refractivity contribution in [1.29, 1.82) is 0 Å². The first-order valence-electron chi connectivity index (χ1n) is 5.39. The minimum Gasteiger partial charge on any atom is -0.390 e.